The SMILES string of the molecule is CCC(N)Cc1cccc(Cl)c1N(C)C(C)C. The molecule has 1 aromatic rings. The predicted molar refractivity (Wildman–Crippen MR) is 77.0 cm³/mol. The Hall–Kier alpha value is -0.730. The standard InChI is InChI=1S/C14H23ClN2/c1-5-12(16)9-11-7-6-8-13(15)14(11)17(4)10(2)3/h6-8,10,12H,5,9,16H2,1-4H3. The van der Waals surface area contributed by atoms with E-state index in [0.717, 1.165) is 23.6 Å². The van der Waals surface area contributed by atoms with Crippen LogP contribution in [0.4, 0.5) is 5.69 Å². The van der Waals surface area contributed by atoms with E-state index in [0.29, 0.717) is 6.04 Å². The highest BCUT2D eigenvalue weighted by atomic mass is 35.5. The first-order chi connectivity index (χ1) is 7.97. The Kier molecular flexibility index (Phi) is 5.29. The van der Waals surface area contributed by atoms with Crippen LogP contribution in [0.1, 0.15) is 32.8 Å². The molecule has 17 heavy (non-hydrogen) atoms. The quantitative estimate of drug-likeness (QED) is 0.872. The first-order valence-corrected chi connectivity index (χ1v) is 6.61. The second kappa shape index (κ2) is 6.27. The first-order valence-electron chi connectivity index (χ1n) is 6.23. The Morgan fingerprint density at radius 2 is 2.00 bits per heavy atom. The zero-order valence-electron chi connectivity index (χ0n) is 11.2. The molecule has 0 fully saturated rings. The third-order valence-electron chi connectivity index (χ3n) is 3.20. The van der Waals surface area contributed by atoms with Crippen molar-refractivity contribution in [1.82, 2.24) is 0 Å². The van der Waals surface area contributed by atoms with Gasteiger partial charge in [0.05, 0.1) is 10.7 Å². The van der Waals surface area contributed by atoms with Crippen LogP contribution < -0.4 is 10.6 Å². The lowest BCUT2D eigenvalue weighted by Crippen LogP contribution is -2.29. The van der Waals surface area contributed by atoms with Gasteiger partial charge < -0.3 is 10.6 Å². The van der Waals surface area contributed by atoms with Gasteiger partial charge >= 0.3 is 0 Å². The summed E-state index contributed by atoms with van der Waals surface area (Å²) < 4.78 is 0. The average molecular weight is 255 g/mol. The number of rotatable bonds is 5. The monoisotopic (exact) mass is 254 g/mol. The van der Waals surface area contributed by atoms with E-state index in [4.69, 9.17) is 17.3 Å². The Morgan fingerprint density at radius 1 is 1.35 bits per heavy atom. The van der Waals surface area contributed by atoms with Gasteiger partial charge in [0.1, 0.15) is 0 Å². The third kappa shape index (κ3) is 3.62. The Bertz CT molecular complexity index is 363. The molecule has 2 nitrogen and oxygen atoms in total. The molecular weight excluding hydrogens is 232 g/mol. The molecule has 0 bridgehead atoms. The molecular formula is C14H23ClN2. The van der Waals surface area contributed by atoms with Crippen molar-refractivity contribution in [3.63, 3.8) is 0 Å². The lowest BCUT2D eigenvalue weighted by Gasteiger charge is -2.28. The van der Waals surface area contributed by atoms with Crippen LogP contribution in [0.5, 0.6) is 0 Å². The van der Waals surface area contributed by atoms with Crippen molar-refractivity contribution in [2.45, 2.75) is 45.7 Å². The molecule has 3 heteroatoms. The van der Waals surface area contributed by atoms with Crippen LogP contribution in [0.15, 0.2) is 18.2 Å². The zero-order valence-corrected chi connectivity index (χ0v) is 12.0. The molecule has 2 N–H and O–H groups in total. The molecule has 0 heterocycles. The fourth-order valence-corrected chi connectivity index (χ4v) is 2.13. The van der Waals surface area contributed by atoms with Crippen LogP contribution in [0.25, 0.3) is 0 Å². The highest BCUT2D eigenvalue weighted by Gasteiger charge is 2.15. The molecule has 1 rings (SSSR count). The van der Waals surface area contributed by atoms with Gasteiger partial charge in [-0.25, -0.2) is 0 Å². The maximum Gasteiger partial charge on any atom is 0.0642 e. The fraction of sp³-hybridized carbons (Fsp3) is 0.571. The van der Waals surface area contributed by atoms with E-state index in [1.807, 2.05) is 12.1 Å². The van der Waals surface area contributed by atoms with Gasteiger partial charge in [-0.05, 0) is 38.3 Å². The van der Waals surface area contributed by atoms with Gasteiger partial charge in [-0.3, -0.25) is 0 Å². The molecule has 1 aromatic carbocycles. The second-order valence-corrected chi connectivity index (χ2v) is 5.23. The van der Waals surface area contributed by atoms with Crippen LogP contribution in [-0.2, 0) is 6.42 Å². The van der Waals surface area contributed by atoms with Crippen LogP contribution in [-0.4, -0.2) is 19.1 Å². The summed E-state index contributed by atoms with van der Waals surface area (Å²) in [6.07, 6.45) is 1.86. The van der Waals surface area contributed by atoms with Crippen LogP contribution in [0.2, 0.25) is 5.02 Å². The van der Waals surface area contributed by atoms with E-state index >= 15 is 0 Å². The van der Waals surface area contributed by atoms with Crippen molar-refractivity contribution in [1.29, 1.82) is 0 Å². The number of nitrogens with two attached hydrogens (primary N) is 1. The summed E-state index contributed by atoms with van der Waals surface area (Å²) in [6.45, 7) is 6.43. The summed E-state index contributed by atoms with van der Waals surface area (Å²) in [7, 11) is 2.08. The number of hydrogen-bond acceptors (Lipinski definition) is 2. The lowest BCUT2D eigenvalue weighted by atomic mass is 10.0. The molecule has 0 saturated carbocycles. The molecule has 0 aliphatic heterocycles. The van der Waals surface area contributed by atoms with E-state index in [1.54, 1.807) is 0 Å². The van der Waals surface area contributed by atoms with Gasteiger partial charge in [0.2, 0.25) is 0 Å². The number of nitrogens with zero attached hydrogens (tertiary/aromatic N) is 1. The summed E-state index contributed by atoms with van der Waals surface area (Å²) in [5.74, 6) is 0. The van der Waals surface area contributed by atoms with Crippen molar-refractivity contribution in [2.24, 2.45) is 5.73 Å². The summed E-state index contributed by atoms with van der Waals surface area (Å²) >= 11 is 6.31. The number of anilines is 1. The summed E-state index contributed by atoms with van der Waals surface area (Å²) in [5, 5.41) is 0.807. The van der Waals surface area contributed by atoms with Gasteiger partial charge in [0.25, 0.3) is 0 Å². The van der Waals surface area contributed by atoms with Crippen LogP contribution in [0, 0.1) is 0 Å². The van der Waals surface area contributed by atoms with Gasteiger partial charge in [-0.2, -0.15) is 0 Å². The van der Waals surface area contributed by atoms with Crippen molar-refractivity contribution in [3.8, 4) is 0 Å². The number of hydrogen-bond donors (Lipinski definition) is 1. The van der Waals surface area contributed by atoms with Crippen molar-refractivity contribution >= 4 is 17.3 Å². The topological polar surface area (TPSA) is 29.3 Å². The number of halogens is 1. The van der Waals surface area contributed by atoms with Crippen LogP contribution >= 0.6 is 11.6 Å². The van der Waals surface area contributed by atoms with Crippen molar-refractivity contribution < 1.29 is 0 Å². The Morgan fingerprint density at radius 3 is 2.53 bits per heavy atom. The van der Waals surface area contributed by atoms with Gasteiger partial charge in [0, 0.05) is 19.1 Å². The van der Waals surface area contributed by atoms with Gasteiger partial charge in [-0.1, -0.05) is 30.7 Å². The zero-order chi connectivity index (χ0) is 13.0. The van der Waals surface area contributed by atoms with E-state index in [9.17, 15) is 0 Å². The predicted octanol–water partition coefficient (Wildman–Crippen LogP) is 3.46. The molecule has 0 saturated heterocycles. The van der Waals surface area contributed by atoms with E-state index in [2.05, 4.69) is 38.8 Å². The molecule has 0 radical (unpaired) electrons. The van der Waals surface area contributed by atoms with Crippen molar-refractivity contribution in [2.75, 3.05) is 11.9 Å². The molecule has 0 aromatic heterocycles. The van der Waals surface area contributed by atoms with E-state index in [1.165, 1.54) is 5.56 Å². The maximum absolute atomic E-state index is 6.31. The smallest absolute Gasteiger partial charge is 0.0642 e. The first kappa shape index (κ1) is 14.3. The lowest BCUT2D eigenvalue weighted by molar-refractivity contribution is 0.642. The minimum atomic E-state index is 0.202. The van der Waals surface area contributed by atoms with Crippen LogP contribution in [0.3, 0.4) is 0 Å². The molecule has 0 amide bonds. The highest BCUT2D eigenvalue weighted by molar-refractivity contribution is 6.33. The Balaban J connectivity index is 3.08. The van der Waals surface area contributed by atoms with Crippen molar-refractivity contribution in [3.05, 3.63) is 28.8 Å². The summed E-state index contributed by atoms with van der Waals surface area (Å²) in [5.41, 5.74) is 8.40. The maximum atomic E-state index is 6.31. The normalized spacial score (nSPS) is 12.9. The van der Waals surface area contributed by atoms with E-state index < -0.39 is 0 Å². The van der Waals surface area contributed by atoms with E-state index in [-0.39, 0.29) is 6.04 Å². The second-order valence-electron chi connectivity index (χ2n) is 4.82. The molecule has 1 unspecified atom stereocenters. The molecule has 0 aliphatic rings. The Labute approximate surface area is 110 Å². The average Bonchev–Trinajstić information content (AvgIpc) is 2.28. The third-order valence-corrected chi connectivity index (χ3v) is 3.51. The molecule has 96 valence electrons. The highest BCUT2D eigenvalue weighted by Crippen LogP contribution is 2.31. The minimum absolute atomic E-state index is 0.202. The molecule has 1 atom stereocenters. The molecule has 0 aliphatic carbocycles. The molecule has 0 spiro atoms. The fourth-order valence-electron chi connectivity index (χ4n) is 1.80. The largest absolute Gasteiger partial charge is 0.371 e. The van der Waals surface area contributed by atoms with Gasteiger partial charge in [-0.15, -0.1) is 0 Å². The summed E-state index contributed by atoms with van der Waals surface area (Å²) in [6, 6.07) is 6.68. The number of para-hydroxylation sites is 1. The number of benzene rings is 1. The summed E-state index contributed by atoms with van der Waals surface area (Å²) in [4.78, 5) is 2.21. The van der Waals surface area contributed by atoms with Gasteiger partial charge in [0.15, 0.2) is 0 Å². The minimum Gasteiger partial charge on any atom is -0.371 e.